The van der Waals surface area contributed by atoms with Crippen LogP contribution >= 0.6 is 34.5 Å². The lowest BCUT2D eigenvalue weighted by molar-refractivity contribution is 0.0685. The van der Waals surface area contributed by atoms with Crippen LogP contribution in [0.25, 0.3) is 16.9 Å². The van der Waals surface area contributed by atoms with Gasteiger partial charge in [-0.05, 0) is 36.8 Å². The topological polar surface area (TPSA) is 118 Å². The van der Waals surface area contributed by atoms with Crippen LogP contribution in [0.2, 0.25) is 10.0 Å². The minimum absolute atomic E-state index is 0.214. The standard InChI is InChI=1S/C27H18Cl2N4O4S/c1-14-30-22(16-6-3-2-4-7-16)24(38-14)20(15-10-12-17(28)13-11-15)21-18(29)8-5-9-19(21)33-27(37)31-25(34)23(32-33)26(35)36/h2-13,20H,1H3,(H,35,36)(H,31,34,37). The lowest BCUT2D eigenvalue weighted by Gasteiger charge is -2.23. The Hall–Kier alpha value is -4.05. The molecular weight excluding hydrogens is 547 g/mol. The van der Waals surface area contributed by atoms with Crippen LogP contribution in [0.4, 0.5) is 0 Å². The number of benzene rings is 3. The quantitative estimate of drug-likeness (QED) is 0.279. The van der Waals surface area contributed by atoms with Crippen LogP contribution in [0.3, 0.4) is 0 Å². The van der Waals surface area contributed by atoms with Crippen LogP contribution in [0.5, 0.6) is 0 Å². The predicted molar refractivity (Wildman–Crippen MR) is 147 cm³/mol. The Balaban J connectivity index is 1.85. The summed E-state index contributed by atoms with van der Waals surface area (Å²) >= 11 is 14.5. The Morgan fingerprint density at radius 3 is 2.39 bits per heavy atom. The highest BCUT2D eigenvalue weighted by molar-refractivity contribution is 7.12. The van der Waals surface area contributed by atoms with E-state index in [1.54, 1.807) is 30.3 Å². The summed E-state index contributed by atoms with van der Waals surface area (Å²) in [6, 6.07) is 21.8. The smallest absolute Gasteiger partial charge is 0.362 e. The maximum atomic E-state index is 12.9. The summed E-state index contributed by atoms with van der Waals surface area (Å²) in [5.41, 5.74) is 0.321. The van der Waals surface area contributed by atoms with Gasteiger partial charge in [0.25, 0.3) is 5.56 Å². The van der Waals surface area contributed by atoms with E-state index >= 15 is 0 Å². The Morgan fingerprint density at radius 1 is 1.00 bits per heavy atom. The van der Waals surface area contributed by atoms with Gasteiger partial charge in [-0.25, -0.2) is 14.6 Å². The molecule has 38 heavy (non-hydrogen) atoms. The van der Waals surface area contributed by atoms with E-state index in [1.807, 2.05) is 54.4 Å². The molecule has 8 nitrogen and oxygen atoms in total. The van der Waals surface area contributed by atoms with Crippen molar-refractivity contribution in [3.8, 4) is 16.9 Å². The van der Waals surface area contributed by atoms with Gasteiger partial charge in [-0.15, -0.1) is 11.3 Å². The summed E-state index contributed by atoms with van der Waals surface area (Å²) < 4.78 is 0.852. The number of carbonyl (C=O) groups is 1. The Morgan fingerprint density at radius 2 is 1.71 bits per heavy atom. The fourth-order valence-electron chi connectivity index (χ4n) is 4.25. The molecule has 0 saturated heterocycles. The van der Waals surface area contributed by atoms with E-state index in [0.717, 1.165) is 31.4 Å². The Labute approximate surface area is 229 Å². The first-order valence-corrected chi connectivity index (χ1v) is 12.9. The number of nitrogens with zero attached hydrogens (tertiary/aromatic N) is 3. The van der Waals surface area contributed by atoms with Crippen LogP contribution in [0.15, 0.2) is 82.4 Å². The highest BCUT2D eigenvalue weighted by atomic mass is 35.5. The van der Waals surface area contributed by atoms with Gasteiger partial charge in [-0.3, -0.25) is 9.78 Å². The zero-order valence-corrected chi connectivity index (χ0v) is 22.0. The monoisotopic (exact) mass is 564 g/mol. The lowest BCUT2D eigenvalue weighted by atomic mass is 9.87. The number of carboxylic acid groups (broad SMARTS) is 1. The van der Waals surface area contributed by atoms with Gasteiger partial charge >= 0.3 is 11.7 Å². The van der Waals surface area contributed by atoms with Crippen LogP contribution in [0, 0.1) is 6.92 Å². The number of aromatic carboxylic acids is 1. The van der Waals surface area contributed by atoms with Gasteiger partial charge in [-0.2, -0.15) is 9.78 Å². The zero-order valence-electron chi connectivity index (χ0n) is 19.7. The number of aromatic amines is 1. The van der Waals surface area contributed by atoms with Crippen LogP contribution in [0.1, 0.15) is 37.4 Å². The summed E-state index contributed by atoms with van der Waals surface area (Å²) in [6.07, 6.45) is 0. The van der Waals surface area contributed by atoms with E-state index in [0.29, 0.717) is 15.6 Å². The molecule has 0 fully saturated rings. The fourth-order valence-corrected chi connectivity index (χ4v) is 5.74. The van der Waals surface area contributed by atoms with Crippen molar-refractivity contribution in [2.45, 2.75) is 12.8 Å². The van der Waals surface area contributed by atoms with Gasteiger partial charge in [0, 0.05) is 32.0 Å². The van der Waals surface area contributed by atoms with Crippen molar-refractivity contribution in [2.24, 2.45) is 0 Å². The van der Waals surface area contributed by atoms with Crippen molar-refractivity contribution in [3.63, 3.8) is 0 Å². The molecule has 0 aliphatic carbocycles. The third kappa shape index (κ3) is 4.79. The van der Waals surface area contributed by atoms with Gasteiger partial charge in [0.15, 0.2) is 0 Å². The minimum atomic E-state index is -1.57. The molecule has 2 heterocycles. The molecule has 5 aromatic rings. The van der Waals surface area contributed by atoms with E-state index in [1.165, 1.54) is 11.3 Å². The number of hydrogen-bond donors (Lipinski definition) is 2. The zero-order chi connectivity index (χ0) is 27.0. The summed E-state index contributed by atoms with van der Waals surface area (Å²) in [4.78, 5) is 44.3. The van der Waals surface area contributed by atoms with Crippen LogP contribution < -0.4 is 11.2 Å². The van der Waals surface area contributed by atoms with E-state index in [2.05, 4.69) is 5.10 Å². The molecule has 0 aliphatic rings. The molecule has 0 aliphatic heterocycles. The summed E-state index contributed by atoms with van der Waals surface area (Å²) in [5.74, 6) is -2.12. The number of nitrogens with one attached hydrogen (secondary N) is 1. The van der Waals surface area contributed by atoms with Gasteiger partial charge in [0.2, 0.25) is 5.69 Å². The summed E-state index contributed by atoms with van der Waals surface area (Å²) in [5, 5.41) is 15.0. The molecule has 11 heteroatoms. The number of carboxylic acids is 1. The van der Waals surface area contributed by atoms with Gasteiger partial charge in [0.1, 0.15) is 0 Å². The van der Waals surface area contributed by atoms with Crippen LogP contribution in [-0.2, 0) is 0 Å². The normalized spacial score (nSPS) is 11.9. The Kier molecular flexibility index (Phi) is 6.98. The second-order valence-electron chi connectivity index (χ2n) is 8.29. The van der Waals surface area contributed by atoms with Crippen molar-refractivity contribution in [1.82, 2.24) is 19.7 Å². The average molecular weight is 565 g/mol. The van der Waals surface area contributed by atoms with Gasteiger partial charge in [-0.1, -0.05) is 71.7 Å². The summed E-state index contributed by atoms with van der Waals surface area (Å²) in [7, 11) is 0. The SMILES string of the molecule is Cc1nc(-c2ccccc2)c(C(c2ccc(Cl)cc2)c2c(Cl)cccc2-n2nc(C(=O)O)c(=O)[nH]c2=O)s1. The first-order chi connectivity index (χ1) is 18.2. The molecule has 0 amide bonds. The number of H-pyrrole nitrogens is 1. The number of hydrogen-bond acceptors (Lipinski definition) is 6. The van der Waals surface area contributed by atoms with Crippen molar-refractivity contribution in [2.75, 3.05) is 0 Å². The van der Waals surface area contributed by atoms with E-state index in [9.17, 15) is 19.5 Å². The Bertz CT molecular complexity index is 1780. The molecule has 1 unspecified atom stereocenters. The third-order valence-electron chi connectivity index (χ3n) is 5.85. The van der Waals surface area contributed by atoms with E-state index < -0.39 is 28.8 Å². The van der Waals surface area contributed by atoms with Crippen molar-refractivity contribution in [1.29, 1.82) is 0 Å². The van der Waals surface area contributed by atoms with Crippen molar-refractivity contribution < 1.29 is 9.90 Å². The van der Waals surface area contributed by atoms with Gasteiger partial charge < -0.3 is 5.11 Å². The molecular formula is C27H18Cl2N4O4S. The highest BCUT2D eigenvalue weighted by Crippen LogP contribution is 2.45. The number of halogens is 2. The molecule has 1 atom stereocenters. The van der Waals surface area contributed by atoms with E-state index in [-0.39, 0.29) is 5.69 Å². The highest BCUT2D eigenvalue weighted by Gasteiger charge is 2.30. The third-order valence-corrected chi connectivity index (χ3v) is 7.47. The maximum absolute atomic E-state index is 12.9. The second-order valence-corrected chi connectivity index (χ2v) is 10.4. The molecule has 5 rings (SSSR count). The van der Waals surface area contributed by atoms with Crippen LogP contribution in [-0.4, -0.2) is 30.8 Å². The molecule has 0 spiro atoms. The molecule has 0 bridgehead atoms. The van der Waals surface area contributed by atoms with Crippen molar-refractivity contribution in [3.05, 3.63) is 130 Å². The molecule has 2 N–H and O–H groups in total. The predicted octanol–water partition coefficient (Wildman–Crippen LogP) is 5.54. The second kappa shape index (κ2) is 10.4. The molecule has 190 valence electrons. The molecule has 0 radical (unpaired) electrons. The molecule has 2 aromatic heterocycles. The first kappa shape index (κ1) is 25.6. The number of aromatic nitrogens is 4. The van der Waals surface area contributed by atoms with Crippen molar-refractivity contribution >= 4 is 40.5 Å². The first-order valence-electron chi connectivity index (χ1n) is 11.3. The molecule has 3 aromatic carbocycles. The lowest BCUT2D eigenvalue weighted by Crippen LogP contribution is -2.36. The van der Waals surface area contributed by atoms with E-state index in [4.69, 9.17) is 28.2 Å². The number of thiazole rings is 1. The summed E-state index contributed by atoms with van der Waals surface area (Å²) in [6.45, 7) is 1.90. The molecule has 0 saturated carbocycles. The largest absolute Gasteiger partial charge is 0.476 e. The number of rotatable bonds is 6. The average Bonchev–Trinajstić information content (AvgIpc) is 3.28. The maximum Gasteiger partial charge on any atom is 0.362 e. The fraction of sp³-hybridized carbons (Fsp3) is 0.0741. The minimum Gasteiger partial charge on any atom is -0.476 e. The number of aryl methyl sites for hydroxylation is 1. The van der Waals surface area contributed by atoms with Gasteiger partial charge in [0.05, 0.1) is 16.4 Å².